The molecular weight excluding hydrogens is 681 g/mol. The highest BCUT2D eigenvalue weighted by molar-refractivity contribution is 6.17. The second-order valence-electron chi connectivity index (χ2n) is 15.5. The Hall–Kier alpha value is -7.04. The van der Waals surface area contributed by atoms with E-state index in [1.165, 1.54) is 49.6 Å². The van der Waals surface area contributed by atoms with E-state index in [2.05, 4.69) is 188 Å². The third-order valence-electron chi connectivity index (χ3n) is 12.0. The zero-order chi connectivity index (χ0) is 37.7. The van der Waals surface area contributed by atoms with E-state index in [1.54, 1.807) is 0 Å². The lowest BCUT2D eigenvalue weighted by Gasteiger charge is -2.22. The Kier molecular flexibility index (Phi) is 6.93. The lowest BCUT2D eigenvalue weighted by molar-refractivity contribution is 0.660. The van der Waals surface area contributed by atoms with E-state index in [1.807, 2.05) is 12.2 Å². The number of hydrogen-bond acceptors (Lipinski definition) is 2. The maximum atomic E-state index is 5.55. The van der Waals surface area contributed by atoms with Crippen molar-refractivity contribution in [3.05, 3.63) is 187 Å². The van der Waals surface area contributed by atoms with E-state index < -0.39 is 0 Å². The Morgan fingerprint density at radius 2 is 1.25 bits per heavy atom. The molecule has 0 aliphatic heterocycles. The molecule has 10 aromatic rings. The van der Waals surface area contributed by atoms with Crippen molar-refractivity contribution in [2.24, 2.45) is 0 Å². The highest BCUT2D eigenvalue weighted by atomic mass is 15.2. The third kappa shape index (κ3) is 4.53. The molecular formula is C52H38N4. The monoisotopic (exact) mass is 718 g/mol. The molecule has 0 radical (unpaired) electrons. The minimum atomic E-state index is -0.128. The first kappa shape index (κ1) is 32.4. The van der Waals surface area contributed by atoms with Crippen LogP contribution < -0.4 is 0 Å². The maximum absolute atomic E-state index is 5.55. The summed E-state index contributed by atoms with van der Waals surface area (Å²) in [5.41, 5.74) is 16.0. The fourth-order valence-electron chi connectivity index (χ4n) is 9.39. The normalized spacial score (nSPS) is 13.4. The summed E-state index contributed by atoms with van der Waals surface area (Å²) in [4.78, 5) is 10.9. The lowest BCUT2D eigenvalue weighted by Crippen LogP contribution is -2.15. The minimum absolute atomic E-state index is 0.128. The van der Waals surface area contributed by atoms with Crippen LogP contribution in [0.4, 0.5) is 0 Å². The van der Waals surface area contributed by atoms with Gasteiger partial charge in [0.05, 0.1) is 39.0 Å². The fraction of sp³-hybridized carbons (Fsp3) is 0.0769. The summed E-state index contributed by atoms with van der Waals surface area (Å²) >= 11 is 0. The number of aryl methyl sites for hydroxylation is 1. The Bertz CT molecular complexity index is 3260. The number of hydrogen-bond donors (Lipinski definition) is 0. The molecule has 266 valence electrons. The summed E-state index contributed by atoms with van der Waals surface area (Å²) in [7, 11) is 0. The van der Waals surface area contributed by atoms with E-state index in [0.29, 0.717) is 5.95 Å². The molecule has 4 nitrogen and oxygen atoms in total. The first-order chi connectivity index (χ1) is 27.4. The minimum Gasteiger partial charge on any atom is -0.309 e. The summed E-state index contributed by atoms with van der Waals surface area (Å²) in [6.07, 6.45) is 5.96. The molecule has 56 heavy (non-hydrogen) atoms. The number of para-hydroxylation sites is 3. The van der Waals surface area contributed by atoms with Crippen molar-refractivity contribution >= 4 is 60.6 Å². The molecule has 0 saturated carbocycles. The van der Waals surface area contributed by atoms with Gasteiger partial charge in [-0.15, -0.1) is 0 Å². The lowest BCUT2D eigenvalue weighted by atomic mass is 9.82. The predicted octanol–water partition coefficient (Wildman–Crippen LogP) is 13.3. The molecule has 3 aromatic heterocycles. The number of benzene rings is 7. The molecule has 0 amide bonds. The van der Waals surface area contributed by atoms with Gasteiger partial charge in [0.25, 0.3) is 0 Å². The fourth-order valence-corrected chi connectivity index (χ4v) is 9.39. The van der Waals surface area contributed by atoms with Gasteiger partial charge in [-0.3, -0.25) is 4.57 Å². The van der Waals surface area contributed by atoms with Gasteiger partial charge in [-0.2, -0.15) is 0 Å². The van der Waals surface area contributed by atoms with Crippen molar-refractivity contribution in [2.45, 2.75) is 26.2 Å². The van der Waals surface area contributed by atoms with Gasteiger partial charge < -0.3 is 4.57 Å². The Labute approximate surface area is 325 Å². The van der Waals surface area contributed by atoms with Crippen LogP contribution in [0.1, 0.15) is 36.1 Å². The standard InChI is InChI=1S/C52H38N4/c1-5-6-16-33-31-48-40(29-32(33)2)49-46(55-44-23-13-9-18-37(44)38-19-10-14-24-45(38)55)25-15-26-47(49)56(48)51-53-43-22-12-8-20-39(43)50(54-51)34-27-28-36-35-17-7-11-21-41(35)52(3,4)42(36)30-34/h5-31H,1H2,2-4H3/b16-6-. The predicted molar refractivity (Wildman–Crippen MR) is 235 cm³/mol. The average molecular weight is 719 g/mol. The number of allylic oxidation sites excluding steroid dienone is 2. The van der Waals surface area contributed by atoms with Crippen LogP contribution in [0.3, 0.4) is 0 Å². The molecule has 3 heterocycles. The first-order valence-electron chi connectivity index (χ1n) is 19.3. The summed E-state index contributed by atoms with van der Waals surface area (Å²) in [5, 5.41) is 5.81. The highest BCUT2D eigenvalue weighted by Crippen LogP contribution is 2.50. The van der Waals surface area contributed by atoms with E-state index in [9.17, 15) is 0 Å². The molecule has 1 aliphatic rings. The van der Waals surface area contributed by atoms with Crippen LogP contribution in [0.15, 0.2) is 164 Å². The van der Waals surface area contributed by atoms with Gasteiger partial charge in [-0.1, -0.05) is 136 Å². The largest absolute Gasteiger partial charge is 0.309 e. The van der Waals surface area contributed by atoms with Crippen LogP contribution in [0.2, 0.25) is 0 Å². The smallest absolute Gasteiger partial charge is 0.235 e. The van der Waals surface area contributed by atoms with Crippen molar-refractivity contribution < 1.29 is 0 Å². The van der Waals surface area contributed by atoms with Crippen LogP contribution in [0.5, 0.6) is 0 Å². The van der Waals surface area contributed by atoms with Crippen LogP contribution in [-0.2, 0) is 5.41 Å². The van der Waals surface area contributed by atoms with Crippen LogP contribution >= 0.6 is 0 Å². The zero-order valence-electron chi connectivity index (χ0n) is 31.6. The summed E-state index contributed by atoms with van der Waals surface area (Å²) in [5.74, 6) is 0.642. The summed E-state index contributed by atoms with van der Waals surface area (Å²) in [6.45, 7) is 10.8. The maximum Gasteiger partial charge on any atom is 0.235 e. The second kappa shape index (κ2) is 12.0. The summed E-state index contributed by atoms with van der Waals surface area (Å²) in [6, 6.07) is 52.8. The Balaban J connectivity index is 1.23. The zero-order valence-corrected chi connectivity index (χ0v) is 31.6. The van der Waals surface area contributed by atoms with Crippen molar-refractivity contribution in [1.29, 1.82) is 0 Å². The molecule has 7 aromatic carbocycles. The van der Waals surface area contributed by atoms with Gasteiger partial charge in [0.1, 0.15) is 0 Å². The van der Waals surface area contributed by atoms with Gasteiger partial charge >= 0.3 is 0 Å². The molecule has 0 N–H and O–H groups in total. The average Bonchev–Trinajstić information content (AvgIpc) is 3.82. The van der Waals surface area contributed by atoms with Gasteiger partial charge in [0.15, 0.2) is 0 Å². The van der Waals surface area contributed by atoms with Crippen LogP contribution in [-0.4, -0.2) is 19.1 Å². The highest BCUT2D eigenvalue weighted by Gasteiger charge is 2.35. The Morgan fingerprint density at radius 3 is 2.04 bits per heavy atom. The van der Waals surface area contributed by atoms with Gasteiger partial charge in [-0.25, -0.2) is 9.97 Å². The quantitative estimate of drug-likeness (QED) is 0.166. The third-order valence-corrected chi connectivity index (χ3v) is 12.0. The molecule has 0 unspecified atom stereocenters. The van der Waals surface area contributed by atoms with E-state index in [0.717, 1.165) is 55.2 Å². The molecule has 0 saturated heterocycles. The van der Waals surface area contributed by atoms with Crippen LogP contribution in [0.25, 0.3) is 94.6 Å². The molecule has 1 aliphatic carbocycles. The van der Waals surface area contributed by atoms with Crippen molar-refractivity contribution in [3.8, 4) is 34.0 Å². The second-order valence-corrected chi connectivity index (χ2v) is 15.5. The molecule has 0 bridgehead atoms. The van der Waals surface area contributed by atoms with Crippen molar-refractivity contribution in [1.82, 2.24) is 19.1 Å². The molecule has 0 atom stereocenters. The first-order valence-corrected chi connectivity index (χ1v) is 19.3. The Morgan fingerprint density at radius 1 is 0.571 bits per heavy atom. The van der Waals surface area contributed by atoms with Crippen molar-refractivity contribution in [3.63, 3.8) is 0 Å². The number of nitrogens with zero attached hydrogens (tertiary/aromatic N) is 4. The summed E-state index contributed by atoms with van der Waals surface area (Å²) < 4.78 is 4.70. The van der Waals surface area contributed by atoms with E-state index in [4.69, 9.17) is 9.97 Å². The topological polar surface area (TPSA) is 35.6 Å². The number of aromatic nitrogens is 4. The van der Waals surface area contributed by atoms with Gasteiger partial charge in [-0.05, 0) is 88.8 Å². The van der Waals surface area contributed by atoms with Crippen molar-refractivity contribution in [2.75, 3.05) is 0 Å². The molecule has 4 heteroatoms. The van der Waals surface area contributed by atoms with Crippen LogP contribution in [0, 0.1) is 6.92 Å². The van der Waals surface area contributed by atoms with Gasteiger partial charge in [0.2, 0.25) is 5.95 Å². The number of rotatable bonds is 5. The molecule has 0 spiro atoms. The number of fused-ring (bicyclic) bond motifs is 10. The van der Waals surface area contributed by atoms with E-state index in [-0.39, 0.29) is 5.41 Å². The SMILES string of the molecule is C=C/C=C\c1cc2c(cc1C)c1c(-n3c4ccccc4c4ccccc43)cccc1n2-c1nc(-c2ccc3c(c2)C(C)(C)c2ccccc2-3)c2ccccc2n1. The molecule has 0 fully saturated rings. The van der Waals surface area contributed by atoms with E-state index >= 15 is 0 Å². The molecule has 11 rings (SSSR count). The van der Waals surface area contributed by atoms with Gasteiger partial charge in [0, 0.05) is 37.9 Å².